The third-order valence-corrected chi connectivity index (χ3v) is 3.01. The zero-order chi connectivity index (χ0) is 12.7. The molecule has 0 saturated heterocycles. The number of benzene rings is 1. The van der Waals surface area contributed by atoms with E-state index in [1.165, 1.54) is 12.1 Å². The highest BCUT2D eigenvalue weighted by Crippen LogP contribution is 2.28. The van der Waals surface area contributed by atoms with Crippen molar-refractivity contribution < 1.29 is 4.39 Å². The number of anilines is 1. The smallest absolute Gasteiger partial charge is 0.155 e. The van der Waals surface area contributed by atoms with Crippen LogP contribution in [0.5, 0.6) is 0 Å². The van der Waals surface area contributed by atoms with E-state index in [0.29, 0.717) is 27.9 Å². The minimum absolute atomic E-state index is 0.324. The van der Waals surface area contributed by atoms with E-state index in [-0.39, 0.29) is 5.82 Å². The molecule has 0 amide bonds. The average molecular weight is 262 g/mol. The molecule has 2 N–H and O–H groups in total. The Kier molecular flexibility index (Phi) is 2.45. The number of halogens is 2. The Morgan fingerprint density at radius 2 is 1.94 bits per heavy atom. The molecular formula is C13H9ClFN3. The molecular weight excluding hydrogens is 253 g/mol. The first-order chi connectivity index (χ1) is 8.66. The quantitative estimate of drug-likeness (QED) is 0.730. The fourth-order valence-electron chi connectivity index (χ4n) is 1.94. The zero-order valence-corrected chi connectivity index (χ0v) is 10.0. The van der Waals surface area contributed by atoms with Crippen LogP contribution in [-0.2, 0) is 0 Å². The highest BCUT2D eigenvalue weighted by molar-refractivity contribution is 6.33. The predicted molar refractivity (Wildman–Crippen MR) is 70.0 cm³/mol. The van der Waals surface area contributed by atoms with E-state index < -0.39 is 0 Å². The van der Waals surface area contributed by atoms with E-state index in [4.69, 9.17) is 17.3 Å². The van der Waals surface area contributed by atoms with Crippen LogP contribution in [0.3, 0.4) is 0 Å². The summed E-state index contributed by atoms with van der Waals surface area (Å²) in [5.41, 5.74) is 7.25. The van der Waals surface area contributed by atoms with E-state index in [1.54, 1.807) is 28.7 Å². The van der Waals surface area contributed by atoms with Crippen LogP contribution >= 0.6 is 11.6 Å². The second-order valence-corrected chi connectivity index (χ2v) is 4.27. The molecule has 3 aromatic rings. The normalized spacial score (nSPS) is 11.0. The van der Waals surface area contributed by atoms with Crippen LogP contribution in [0.25, 0.3) is 16.9 Å². The standard InChI is InChI=1S/C13H9ClFN3/c14-12-10-5-2-6-11(16)18(10)13(17-12)8-3-1-4-9(15)7-8/h1-7H,16H2. The van der Waals surface area contributed by atoms with Crippen molar-refractivity contribution in [3.05, 3.63) is 53.4 Å². The number of hydrogen-bond acceptors (Lipinski definition) is 2. The lowest BCUT2D eigenvalue weighted by Crippen LogP contribution is -1.98. The van der Waals surface area contributed by atoms with Crippen LogP contribution in [0.2, 0.25) is 5.15 Å². The molecule has 0 aliphatic heterocycles. The molecule has 18 heavy (non-hydrogen) atoms. The minimum atomic E-state index is -0.324. The summed E-state index contributed by atoms with van der Waals surface area (Å²) in [6.07, 6.45) is 0. The number of rotatable bonds is 1. The number of nitrogens with two attached hydrogens (primary N) is 1. The summed E-state index contributed by atoms with van der Waals surface area (Å²) < 4.78 is 15.0. The number of nitrogens with zero attached hydrogens (tertiary/aromatic N) is 2. The van der Waals surface area contributed by atoms with Crippen LogP contribution in [0.1, 0.15) is 0 Å². The van der Waals surface area contributed by atoms with Gasteiger partial charge in [-0.25, -0.2) is 9.37 Å². The second-order valence-electron chi connectivity index (χ2n) is 3.91. The lowest BCUT2D eigenvalue weighted by atomic mass is 10.2. The lowest BCUT2D eigenvalue weighted by Gasteiger charge is -2.04. The molecule has 0 unspecified atom stereocenters. The molecule has 0 bridgehead atoms. The van der Waals surface area contributed by atoms with Crippen LogP contribution in [0, 0.1) is 5.82 Å². The number of pyridine rings is 1. The molecule has 3 nitrogen and oxygen atoms in total. The largest absolute Gasteiger partial charge is 0.385 e. The maximum atomic E-state index is 13.3. The van der Waals surface area contributed by atoms with Gasteiger partial charge in [-0.1, -0.05) is 29.8 Å². The van der Waals surface area contributed by atoms with Crippen molar-refractivity contribution in [3.63, 3.8) is 0 Å². The molecule has 90 valence electrons. The van der Waals surface area contributed by atoms with Gasteiger partial charge in [0, 0.05) is 5.56 Å². The Bertz CT molecular complexity index is 736. The summed E-state index contributed by atoms with van der Waals surface area (Å²) in [7, 11) is 0. The molecule has 0 aliphatic rings. The molecule has 2 aromatic heterocycles. The van der Waals surface area contributed by atoms with Crippen LogP contribution in [0.4, 0.5) is 10.2 Å². The van der Waals surface area contributed by atoms with Crippen molar-refractivity contribution in [1.29, 1.82) is 0 Å². The zero-order valence-electron chi connectivity index (χ0n) is 9.27. The van der Waals surface area contributed by atoms with E-state index >= 15 is 0 Å². The average Bonchev–Trinajstić information content (AvgIpc) is 2.69. The Labute approximate surface area is 108 Å². The molecule has 5 heteroatoms. The Morgan fingerprint density at radius 1 is 1.17 bits per heavy atom. The SMILES string of the molecule is Nc1cccc2c(Cl)nc(-c3cccc(F)c3)n12. The first-order valence-electron chi connectivity index (χ1n) is 5.35. The molecule has 0 spiro atoms. The van der Waals surface area contributed by atoms with Gasteiger partial charge in [0.2, 0.25) is 0 Å². The second kappa shape index (κ2) is 3.99. The van der Waals surface area contributed by atoms with Crippen molar-refractivity contribution in [1.82, 2.24) is 9.38 Å². The molecule has 0 fully saturated rings. The van der Waals surface area contributed by atoms with E-state index in [2.05, 4.69) is 4.98 Å². The first kappa shape index (κ1) is 11.0. The summed E-state index contributed by atoms with van der Waals surface area (Å²) in [4.78, 5) is 4.24. The van der Waals surface area contributed by atoms with Gasteiger partial charge in [-0.3, -0.25) is 4.40 Å². The maximum Gasteiger partial charge on any atom is 0.155 e. The summed E-state index contributed by atoms with van der Waals surface area (Å²) in [5, 5.41) is 0.349. The minimum Gasteiger partial charge on any atom is -0.385 e. The Hall–Kier alpha value is -2.07. The number of aromatic nitrogens is 2. The topological polar surface area (TPSA) is 43.3 Å². The Balaban J connectivity index is 2.36. The fourth-order valence-corrected chi connectivity index (χ4v) is 2.17. The predicted octanol–water partition coefficient (Wildman–Crippen LogP) is 3.38. The van der Waals surface area contributed by atoms with Crippen LogP contribution < -0.4 is 5.73 Å². The van der Waals surface area contributed by atoms with Crippen molar-refractivity contribution in [2.75, 3.05) is 5.73 Å². The molecule has 0 saturated carbocycles. The monoisotopic (exact) mass is 261 g/mol. The van der Waals surface area contributed by atoms with Gasteiger partial charge in [-0.2, -0.15) is 0 Å². The molecule has 1 aromatic carbocycles. The molecule has 3 rings (SSSR count). The van der Waals surface area contributed by atoms with Crippen molar-refractivity contribution in [2.45, 2.75) is 0 Å². The van der Waals surface area contributed by atoms with Crippen molar-refractivity contribution in [2.24, 2.45) is 0 Å². The lowest BCUT2D eigenvalue weighted by molar-refractivity contribution is 0.628. The van der Waals surface area contributed by atoms with Gasteiger partial charge < -0.3 is 5.73 Å². The van der Waals surface area contributed by atoms with Gasteiger partial charge in [0.25, 0.3) is 0 Å². The van der Waals surface area contributed by atoms with Gasteiger partial charge in [0.1, 0.15) is 17.5 Å². The summed E-state index contributed by atoms with van der Waals surface area (Å²) in [6.45, 7) is 0. The van der Waals surface area contributed by atoms with Crippen molar-refractivity contribution >= 4 is 22.9 Å². The fraction of sp³-hybridized carbons (Fsp3) is 0. The third kappa shape index (κ3) is 1.62. The van der Waals surface area contributed by atoms with Gasteiger partial charge in [0.05, 0.1) is 5.52 Å². The van der Waals surface area contributed by atoms with E-state index in [9.17, 15) is 4.39 Å². The Morgan fingerprint density at radius 3 is 2.72 bits per heavy atom. The van der Waals surface area contributed by atoms with Crippen molar-refractivity contribution in [3.8, 4) is 11.4 Å². The number of imidazole rings is 1. The number of fused-ring (bicyclic) bond motifs is 1. The molecule has 2 heterocycles. The van der Waals surface area contributed by atoms with Gasteiger partial charge in [0.15, 0.2) is 5.15 Å². The van der Waals surface area contributed by atoms with Crippen LogP contribution in [-0.4, -0.2) is 9.38 Å². The van der Waals surface area contributed by atoms with Crippen LogP contribution in [0.15, 0.2) is 42.5 Å². The molecule has 0 radical (unpaired) electrons. The van der Waals surface area contributed by atoms with Gasteiger partial charge in [-0.05, 0) is 24.3 Å². The van der Waals surface area contributed by atoms with E-state index in [1.807, 2.05) is 6.07 Å². The van der Waals surface area contributed by atoms with E-state index in [0.717, 1.165) is 0 Å². The number of hydrogen-bond donors (Lipinski definition) is 1. The highest BCUT2D eigenvalue weighted by Gasteiger charge is 2.13. The number of nitrogen functional groups attached to an aromatic ring is 1. The third-order valence-electron chi connectivity index (χ3n) is 2.73. The summed E-state index contributed by atoms with van der Waals surface area (Å²) in [6, 6.07) is 11.5. The first-order valence-corrected chi connectivity index (χ1v) is 5.73. The maximum absolute atomic E-state index is 13.3. The highest BCUT2D eigenvalue weighted by atomic mass is 35.5. The van der Waals surface area contributed by atoms with Gasteiger partial charge >= 0.3 is 0 Å². The summed E-state index contributed by atoms with van der Waals surface area (Å²) >= 11 is 6.06. The molecule has 0 aliphatic carbocycles. The molecule has 0 atom stereocenters. The summed E-state index contributed by atoms with van der Waals surface area (Å²) in [5.74, 6) is 0.716. The van der Waals surface area contributed by atoms with Gasteiger partial charge in [-0.15, -0.1) is 0 Å².